The zero-order chi connectivity index (χ0) is 13.7. The highest BCUT2D eigenvalue weighted by Crippen LogP contribution is 2.23. The van der Waals surface area contributed by atoms with Crippen molar-refractivity contribution in [3.05, 3.63) is 33.8 Å². The smallest absolute Gasteiger partial charge is 0.340 e. The summed E-state index contributed by atoms with van der Waals surface area (Å²) in [5, 5.41) is 9.20. The molecule has 0 spiro atoms. The molecule has 0 saturated heterocycles. The molecule has 19 heavy (non-hydrogen) atoms. The van der Waals surface area contributed by atoms with E-state index in [0.717, 1.165) is 10.8 Å². The van der Waals surface area contributed by atoms with E-state index in [4.69, 9.17) is 4.74 Å². The van der Waals surface area contributed by atoms with E-state index in [2.05, 4.69) is 29.0 Å². The molecule has 0 aliphatic heterocycles. The van der Waals surface area contributed by atoms with E-state index in [0.29, 0.717) is 17.5 Å². The Morgan fingerprint density at radius 3 is 3.00 bits per heavy atom. The lowest BCUT2D eigenvalue weighted by molar-refractivity contribution is 0.178. The molecule has 2 atom stereocenters. The molecule has 0 saturated carbocycles. The molecular weight excluding hydrogens is 282 g/mol. The first-order valence-electron chi connectivity index (χ1n) is 6.06. The molecule has 0 bridgehead atoms. The summed E-state index contributed by atoms with van der Waals surface area (Å²) < 4.78 is 5.85. The minimum atomic E-state index is -0.252. The van der Waals surface area contributed by atoms with Crippen LogP contribution in [0.1, 0.15) is 19.7 Å². The Kier molecular flexibility index (Phi) is 5.09. The van der Waals surface area contributed by atoms with Crippen LogP contribution < -0.4 is 10.4 Å². The van der Waals surface area contributed by atoms with Crippen molar-refractivity contribution >= 4 is 23.1 Å². The van der Waals surface area contributed by atoms with Crippen LogP contribution in [0.25, 0.3) is 0 Å². The summed E-state index contributed by atoms with van der Waals surface area (Å²) in [6, 6.07) is 3.97. The van der Waals surface area contributed by atoms with Gasteiger partial charge in [0.15, 0.2) is 5.06 Å². The average molecular weight is 299 g/mol. The summed E-state index contributed by atoms with van der Waals surface area (Å²) in [6.07, 6.45) is 0.171. The third kappa shape index (κ3) is 4.43. The number of ether oxygens (including phenoxy) is 1. The van der Waals surface area contributed by atoms with Crippen LogP contribution in [0.4, 0.5) is 0 Å². The molecule has 2 rings (SSSR count). The number of thiophene rings is 1. The van der Waals surface area contributed by atoms with Gasteiger partial charge in [0, 0.05) is 5.92 Å². The molecule has 104 valence electrons. The molecule has 2 aromatic rings. The Morgan fingerprint density at radius 1 is 1.53 bits per heavy atom. The van der Waals surface area contributed by atoms with Gasteiger partial charge < -0.3 is 4.74 Å². The maximum atomic E-state index is 10.9. The Labute approximate surface area is 119 Å². The predicted molar refractivity (Wildman–Crippen MR) is 78.9 cm³/mol. The van der Waals surface area contributed by atoms with Gasteiger partial charge in [0.25, 0.3) is 0 Å². The van der Waals surface area contributed by atoms with Crippen molar-refractivity contribution in [2.75, 3.05) is 5.75 Å². The van der Waals surface area contributed by atoms with Gasteiger partial charge in [0.1, 0.15) is 11.9 Å². The Morgan fingerprint density at radius 2 is 2.37 bits per heavy atom. The standard InChI is InChI=1S/C12H17N3O2S2/c1-8(9(2)17-11-4-3-5-19-11)6-18-7-10-13-12(16)15-14-10/h3-5,8-9H,6-7H2,1-2H3,(H2,13,14,15,16). The summed E-state index contributed by atoms with van der Waals surface area (Å²) in [7, 11) is 0. The first-order chi connectivity index (χ1) is 9.15. The third-order valence-electron chi connectivity index (χ3n) is 2.77. The van der Waals surface area contributed by atoms with Crippen molar-refractivity contribution in [3.63, 3.8) is 0 Å². The van der Waals surface area contributed by atoms with Crippen LogP contribution in [0.15, 0.2) is 22.3 Å². The van der Waals surface area contributed by atoms with Crippen molar-refractivity contribution in [2.24, 2.45) is 5.92 Å². The second-order valence-corrected chi connectivity index (χ2v) is 6.31. The molecule has 0 fully saturated rings. The van der Waals surface area contributed by atoms with Crippen molar-refractivity contribution in [3.8, 4) is 5.06 Å². The third-order valence-corrected chi connectivity index (χ3v) is 4.77. The SMILES string of the molecule is CC(CSCc1n[nH]c(=O)[nH]1)C(C)Oc1cccs1. The molecule has 5 nitrogen and oxygen atoms in total. The zero-order valence-corrected chi connectivity index (χ0v) is 12.5. The highest BCUT2D eigenvalue weighted by molar-refractivity contribution is 7.98. The number of aromatic amines is 2. The minimum Gasteiger partial charge on any atom is -0.481 e. The summed E-state index contributed by atoms with van der Waals surface area (Å²) >= 11 is 3.35. The molecule has 0 aromatic carbocycles. The van der Waals surface area contributed by atoms with E-state index in [1.54, 1.807) is 23.1 Å². The van der Waals surface area contributed by atoms with Crippen LogP contribution in [0.5, 0.6) is 5.06 Å². The minimum absolute atomic E-state index is 0.171. The van der Waals surface area contributed by atoms with E-state index in [9.17, 15) is 4.79 Å². The highest BCUT2D eigenvalue weighted by atomic mass is 32.2. The van der Waals surface area contributed by atoms with Crippen LogP contribution in [-0.2, 0) is 5.75 Å². The van der Waals surface area contributed by atoms with Crippen molar-refractivity contribution in [1.82, 2.24) is 15.2 Å². The lowest BCUT2D eigenvalue weighted by Gasteiger charge is -2.20. The van der Waals surface area contributed by atoms with Gasteiger partial charge in [-0.05, 0) is 30.2 Å². The van der Waals surface area contributed by atoms with Gasteiger partial charge in [-0.25, -0.2) is 9.89 Å². The molecule has 0 aliphatic rings. The number of hydrogen-bond acceptors (Lipinski definition) is 5. The fourth-order valence-corrected chi connectivity index (χ4v) is 3.23. The number of nitrogens with one attached hydrogen (secondary N) is 2. The second kappa shape index (κ2) is 6.81. The summed E-state index contributed by atoms with van der Waals surface area (Å²) in [5.41, 5.74) is -0.252. The maximum absolute atomic E-state index is 10.9. The monoisotopic (exact) mass is 299 g/mol. The fraction of sp³-hybridized carbons (Fsp3) is 0.500. The number of aromatic nitrogens is 3. The number of thioether (sulfide) groups is 1. The van der Waals surface area contributed by atoms with Crippen LogP contribution in [0.2, 0.25) is 0 Å². The summed E-state index contributed by atoms with van der Waals surface area (Å²) in [4.78, 5) is 13.5. The predicted octanol–water partition coefficient (Wildman–Crippen LogP) is 2.50. The van der Waals surface area contributed by atoms with Crippen molar-refractivity contribution in [1.29, 1.82) is 0 Å². The number of hydrogen-bond donors (Lipinski definition) is 2. The van der Waals surface area contributed by atoms with Gasteiger partial charge in [-0.2, -0.15) is 16.9 Å². The topological polar surface area (TPSA) is 70.8 Å². The average Bonchev–Trinajstić information content (AvgIpc) is 3.01. The van der Waals surface area contributed by atoms with Gasteiger partial charge in [-0.1, -0.05) is 6.92 Å². The normalized spacial score (nSPS) is 14.2. The largest absolute Gasteiger partial charge is 0.481 e. The molecule has 0 aliphatic carbocycles. The number of rotatable bonds is 7. The van der Waals surface area contributed by atoms with Gasteiger partial charge in [0.05, 0.1) is 5.75 Å². The molecule has 0 amide bonds. The van der Waals surface area contributed by atoms with Gasteiger partial charge >= 0.3 is 5.69 Å². The summed E-state index contributed by atoms with van der Waals surface area (Å²) in [6.45, 7) is 4.25. The second-order valence-electron chi connectivity index (χ2n) is 4.37. The Hall–Kier alpha value is -1.21. The van der Waals surface area contributed by atoms with Crippen LogP contribution >= 0.6 is 23.1 Å². The molecule has 0 radical (unpaired) electrons. The van der Waals surface area contributed by atoms with E-state index >= 15 is 0 Å². The first-order valence-corrected chi connectivity index (χ1v) is 8.10. The molecular formula is C12H17N3O2S2. The molecule has 2 unspecified atom stereocenters. The molecule has 7 heteroatoms. The highest BCUT2D eigenvalue weighted by Gasteiger charge is 2.14. The zero-order valence-electron chi connectivity index (χ0n) is 10.9. The fourth-order valence-electron chi connectivity index (χ4n) is 1.48. The van der Waals surface area contributed by atoms with Crippen molar-refractivity contribution < 1.29 is 4.74 Å². The van der Waals surface area contributed by atoms with Crippen molar-refractivity contribution in [2.45, 2.75) is 25.7 Å². The van der Waals surface area contributed by atoms with Crippen LogP contribution in [-0.4, -0.2) is 27.0 Å². The van der Waals surface area contributed by atoms with Gasteiger partial charge in [-0.3, -0.25) is 4.98 Å². The molecule has 2 N–H and O–H groups in total. The first kappa shape index (κ1) is 14.2. The maximum Gasteiger partial charge on any atom is 0.340 e. The van der Waals surface area contributed by atoms with Crippen LogP contribution in [0.3, 0.4) is 0 Å². The van der Waals surface area contributed by atoms with E-state index in [1.807, 2.05) is 17.5 Å². The Bertz CT molecular complexity index is 535. The summed E-state index contributed by atoms with van der Waals surface area (Å²) in [5.74, 6) is 2.78. The molecule has 2 heterocycles. The van der Waals surface area contributed by atoms with E-state index < -0.39 is 0 Å². The lowest BCUT2D eigenvalue weighted by Crippen LogP contribution is -2.22. The number of nitrogens with zero attached hydrogens (tertiary/aromatic N) is 1. The lowest BCUT2D eigenvalue weighted by atomic mass is 10.1. The van der Waals surface area contributed by atoms with Gasteiger partial charge in [-0.15, -0.1) is 11.3 Å². The Balaban J connectivity index is 1.71. The van der Waals surface area contributed by atoms with Crippen LogP contribution in [0, 0.1) is 5.92 Å². The van der Waals surface area contributed by atoms with Gasteiger partial charge in [0.2, 0.25) is 0 Å². The number of H-pyrrole nitrogens is 2. The van der Waals surface area contributed by atoms with E-state index in [1.165, 1.54) is 0 Å². The van der Waals surface area contributed by atoms with E-state index in [-0.39, 0.29) is 11.8 Å². The quantitative estimate of drug-likeness (QED) is 0.824. The molecule has 2 aromatic heterocycles.